The second-order valence-electron chi connectivity index (χ2n) is 12.0. The van der Waals surface area contributed by atoms with E-state index in [-0.39, 0.29) is 24.5 Å². The number of Topliss-reactive ketones (excluding diaryl/α,β-unsaturated/α-hetero) is 1. The maximum atomic E-state index is 14.2. The molecule has 2 amide bonds. The first-order valence-electron chi connectivity index (χ1n) is 15.0. The van der Waals surface area contributed by atoms with E-state index >= 15 is 0 Å². The molecule has 4 atom stereocenters. The Morgan fingerprint density at radius 1 is 1.13 bits per heavy atom. The molecular weight excluding hydrogens is 590 g/mol. The molecule has 8 N–H and O–H groups in total. The monoisotopic (exact) mass is 627 g/mol. The van der Waals surface area contributed by atoms with E-state index in [1.54, 1.807) is 36.1 Å². The van der Waals surface area contributed by atoms with Gasteiger partial charge >= 0.3 is 0 Å². The highest BCUT2D eigenvalue weighted by Gasteiger charge is 2.49. The second kappa shape index (κ2) is 11.9. The van der Waals surface area contributed by atoms with Gasteiger partial charge in [-0.3, -0.25) is 14.4 Å². The van der Waals surface area contributed by atoms with Crippen LogP contribution in [0, 0.1) is 12.8 Å². The van der Waals surface area contributed by atoms with Crippen molar-refractivity contribution in [2.24, 2.45) is 17.4 Å². The summed E-state index contributed by atoms with van der Waals surface area (Å²) in [6.45, 7) is 4.22. The number of anilines is 1. The van der Waals surface area contributed by atoms with Crippen LogP contribution in [0.25, 0.3) is 10.1 Å². The quantitative estimate of drug-likeness (QED) is 0.193. The van der Waals surface area contributed by atoms with Gasteiger partial charge in [-0.05, 0) is 66.8 Å². The van der Waals surface area contributed by atoms with Crippen LogP contribution in [0.3, 0.4) is 0 Å². The van der Waals surface area contributed by atoms with Crippen molar-refractivity contribution in [3.8, 4) is 11.5 Å². The molecule has 0 radical (unpaired) electrons. The van der Waals surface area contributed by atoms with Gasteiger partial charge < -0.3 is 37.3 Å². The fourth-order valence-corrected chi connectivity index (χ4v) is 7.73. The number of hydrogen-bond donors (Lipinski definition) is 5. The number of aryl methyl sites for hydroxylation is 1. The van der Waals surface area contributed by atoms with Crippen LogP contribution in [-0.4, -0.2) is 53.3 Å². The van der Waals surface area contributed by atoms with Crippen LogP contribution in [0.1, 0.15) is 57.7 Å². The molecule has 6 rings (SSSR count). The number of nitrogen functional groups attached to an aromatic ring is 1. The number of hydrogen-bond acceptors (Lipinski definition) is 9. The number of ether oxygens (including phenoxy) is 1. The van der Waals surface area contributed by atoms with Gasteiger partial charge in [-0.25, -0.2) is 0 Å². The molecule has 1 aliphatic carbocycles. The van der Waals surface area contributed by atoms with E-state index < -0.39 is 23.3 Å². The molecule has 3 aromatic carbocycles. The number of aliphatic hydroxyl groups excluding tert-OH is 1. The van der Waals surface area contributed by atoms with Crippen molar-refractivity contribution in [3.63, 3.8) is 0 Å². The van der Waals surface area contributed by atoms with Gasteiger partial charge in [0.1, 0.15) is 17.0 Å². The molecule has 1 saturated heterocycles. The molecule has 45 heavy (non-hydrogen) atoms. The van der Waals surface area contributed by atoms with Gasteiger partial charge in [-0.1, -0.05) is 37.3 Å². The summed E-state index contributed by atoms with van der Waals surface area (Å²) in [5.74, 6) is -0.176. The molecule has 2 heterocycles. The molecular formula is C34H37N5O5S. The number of carbonyl (C=O) groups is 3. The summed E-state index contributed by atoms with van der Waals surface area (Å²) in [7, 11) is 0. The van der Waals surface area contributed by atoms with Gasteiger partial charge in [0.15, 0.2) is 5.78 Å². The van der Waals surface area contributed by atoms with Crippen molar-refractivity contribution < 1.29 is 24.2 Å². The number of amides is 2. The van der Waals surface area contributed by atoms with Gasteiger partial charge in [0.25, 0.3) is 5.91 Å². The number of nitrogens with zero attached hydrogens (tertiary/aromatic N) is 1. The Bertz CT molecular complexity index is 1810. The minimum Gasteiger partial charge on any atom is -0.457 e. The van der Waals surface area contributed by atoms with Crippen molar-refractivity contribution >= 4 is 44.7 Å². The average molecular weight is 628 g/mol. The van der Waals surface area contributed by atoms with E-state index in [0.717, 1.165) is 5.56 Å². The minimum atomic E-state index is -1.59. The number of nitrogens with two attached hydrogens (primary N) is 3. The van der Waals surface area contributed by atoms with Gasteiger partial charge in [0.05, 0.1) is 28.1 Å². The van der Waals surface area contributed by atoms with E-state index in [1.165, 1.54) is 11.3 Å². The Labute approximate surface area is 265 Å². The summed E-state index contributed by atoms with van der Waals surface area (Å²) < 4.78 is 6.64. The Balaban J connectivity index is 1.36. The first kappa shape index (κ1) is 30.7. The zero-order valence-corrected chi connectivity index (χ0v) is 26.0. The first-order chi connectivity index (χ1) is 21.5. The summed E-state index contributed by atoms with van der Waals surface area (Å²) in [6.07, 6.45) is 1.41. The molecule has 0 spiro atoms. The van der Waals surface area contributed by atoms with Crippen molar-refractivity contribution in [2.75, 3.05) is 25.4 Å². The largest absolute Gasteiger partial charge is 0.457 e. The number of carbonyl (C=O) groups excluding carboxylic acids is 3. The fraction of sp³-hybridized carbons (Fsp3) is 0.324. The molecule has 2 unspecified atom stereocenters. The predicted molar refractivity (Wildman–Crippen MR) is 174 cm³/mol. The maximum absolute atomic E-state index is 14.2. The van der Waals surface area contributed by atoms with Crippen LogP contribution < -0.4 is 27.3 Å². The smallest absolute Gasteiger partial charge is 0.262 e. The lowest BCUT2D eigenvalue weighted by molar-refractivity contribution is -0.137. The van der Waals surface area contributed by atoms with Crippen molar-refractivity contribution in [2.45, 2.75) is 44.3 Å². The average Bonchev–Trinajstić information content (AvgIpc) is 3.45. The highest BCUT2D eigenvalue weighted by atomic mass is 32.1. The number of ketones is 1. The van der Waals surface area contributed by atoms with Crippen LogP contribution in [0.4, 0.5) is 5.69 Å². The number of thiophene rings is 1. The highest BCUT2D eigenvalue weighted by Crippen LogP contribution is 2.50. The normalized spacial score (nSPS) is 21.9. The van der Waals surface area contributed by atoms with E-state index in [4.69, 9.17) is 21.9 Å². The Morgan fingerprint density at radius 2 is 1.87 bits per heavy atom. The lowest BCUT2D eigenvalue weighted by Crippen LogP contribution is -2.53. The van der Waals surface area contributed by atoms with Crippen LogP contribution >= 0.6 is 11.3 Å². The molecule has 10 nitrogen and oxygen atoms in total. The lowest BCUT2D eigenvalue weighted by Gasteiger charge is -2.37. The summed E-state index contributed by atoms with van der Waals surface area (Å²) in [6, 6.07) is 16.8. The molecule has 1 aromatic heterocycles. The van der Waals surface area contributed by atoms with Crippen LogP contribution in [0.15, 0.2) is 60.7 Å². The van der Waals surface area contributed by atoms with Gasteiger partial charge in [0, 0.05) is 35.8 Å². The van der Waals surface area contributed by atoms with Gasteiger partial charge in [-0.2, -0.15) is 0 Å². The number of nitrogens with one attached hydrogen (secondary N) is 1. The number of likely N-dealkylation sites (tertiary alicyclic amines) is 1. The summed E-state index contributed by atoms with van der Waals surface area (Å²) in [4.78, 5) is 42.7. The standard InChI is InChI=1S/C34H37N5O5S/c1-18-15-22(44-21-8-4-3-5-9-21)10-11-23(18)34(37)24-12-13-25(35)29-26(24)27(28(36)31(34)41)30(45-29)32(42)38-20-7-6-14-39(16-20)33(43)19(2)17-40/h3-5,8-13,15,19-20,28,40H,6-7,14,16-17,35-37H2,1-2H3,(H,38,42)/t19-,20-,28?,34?/m1/s1. The summed E-state index contributed by atoms with van der Waals surface area (Å²) in [5.41, 5.74) is 21.3. The fourth-order valence-electron chi connectivity index (χ4n) is 6.53. The number of aliphatic hydroxyl groups is 1. The molecule has 0 saturated carbocycles. The number of rotatable bonds is 7. The molecule has 234 valence electrons. The van der Waals surface area contributed by atoms with Crippen molar-refractivity contribution in [3.05, 3.63) is 87.8 Å². The van der Waals surface area contributed by atoms with Gasteiger partial charge in [-0.15, -0.1) is 11.3 Å². The van der Waals surface area contributed by atoms with Crippen LogP contribution in [-0.2, 0) is 15.1 Å². The SMILES string of the molecule is Cc1cc(Oc2ccccc2)ccc1C1(N)C(=O)C(N)c2c(C(=O)N[C@@H]3CCCN(C(=O)[C@H](C)CO)C3)sc3c(N)ccc1c23. The lowest BCUT2D eigenvalue weighted by atomic mass is 9.69. The molecule has 2 aliphatic rings. The third-order valence-corrected chi connectivity index (χ3v) is 10.1. The van der Waals surface area contributed by atoms with Gasteiger partial charge in [0.2, 0.25) is 5.91 Å². The Kier molecular flexibility index (Phi) is 8.13. The van der Waals surface area contributed by atoms with Crippen molar-refractivity contribution in [1.82, 2.24) is 10.2 Å². The second-order valence-corrected chi connectivity index (χ2v) is 13.0. The van der Waals surface area contributed by atoms with Crippen LogP contribution in [0.2, 0.25) is 0 Å². The number of benzene rings is 3. The zero-order valence-electron chi connectivity index (χ0n) is 25.2. The highest BCUT2D eigenvalue weighted by molar-refractivity contribution is 7.21. The minimum absolute atomic E-state index is 0.146. The predicted octanol–water partition coefficient (Wildman–Crippen LogP) is 3.72. The summed E-state index contributed by atoms with van der Waals surface area (Å²) >= 11 is 1.19. The van der Waals surface area contributed by atoms with E-state index in [0.29, 0.717) is 74.8 Å². The topological polar surface area (TPSA) is 174 Å². The third kappa shape index (κ3) is 5.25. The Morgan fingerprint density at radius 3 is 2.58 bits per heavy atom. The molecule has 0 bridgehead atoms. The number of piperidine rings is 1. The van der Waals surface area contributed by atoms with Crippen LogP contribution in [0.5, 0.6) is 11.5 Å². The number of para-hydroxylation sites is 1. The molecule has 4 aromatic rings. The maximum Gasteiger partial charge on any atom is 0.262 e. The molecule has 11 heteroatoms. The van der Waals surface area contributed by atoms with Crippen molar-refractivity contribution in [1.29, 1.82) is 0 Å². The Hall–Kier alpha value is -4.29. The first-order valence-corrected chi connectivity index (χ1v) is 15.8. The van der Waals surface area contributed by atoms with E-state index in [9.17, 15) is 19.5 Å². The molecule has 1 fully saturated rings. The summed E-state index contributed by atoms with van der Waals surface area (Å²) in [5, 5.41) is 13.1. The zero-order chi connectivity index (χ0) is 32.0. The third-order valence-electron chi connectivity index (χ3n) is 8.88. The van der Waals surface area contributed by atoms with E-state index in [1.807, 2.05) is 43.3 Å². The molecule has 1 aliphatic heterocycles. The van der Waals surface area contributed by atoms with E-state index in [2.05, 4.69) is 5.32 Å².